The molecule has 0 atom stereocenters. The number of benzene rings is 1. The van der Waals surface area contributed by atoms with E-state index in [-0.39, 0.29) is 0 Å². The number of carbonyl (C=O) groups is 1. The molecule has 0 bridgehead atoms. The lowest BCUT2D eigenvalue weighted by molar-refractivity contribution is 0.0962. The molecule has 0 aliphatic rings. The SMILES string of the molecule is COc1ccc(C=CC(=O)n2cc(F)c(=O)[nH]c2=O)cc1OC. The summed E-state index contributed by atoms with van der Waals surface area (Å²) in [7, 11) is 2.97. The number of allylic oxidation sites excluding steroid dienone is 1. The zero-order chi connectivity index (χ0) is 17.0. The van der Waals surface area contributed by atoms with Crippen LogP contribution in [0.3, 0.4) is 0 Å². The van der Waals surface area contributed by atoms with Crippen LogP contribution in [0, 0.1) is 5.82 Å². The van der Waals surface area contributed by atoms with Crippen molar-refractivity contribution in [3.63, 3.8) is 0 Å². The smallest absolute Gasteiger partial charge is 0.335 e. The van der Waals surface area contributed by atoms with E-state index in [1.165, 1.54) is 20.3 Å². The first-order valence-corrected chi connectivity index (χ1v) is 6.42. The molecule has 0 aliphatic carbocycles. The Kier molecular flexibility index (Phi) is 4.75. The van der Waals surface area contributed by atoms with Gasteiger partial charge >= 0.3 is 5.69 Å². The summed E-state index contributed by atoms with van der Waals surface area (Å²) >= 11 is 0. The molecular formula is C15H13FN2O5. The third-order valence-electron chi connectivity index (χ3n) is 2.96. The van der Waals surface area contributed by atoms with Crippen LogP contribution in [-0.4, -0.2) is 29.7 Å². The van der Waals surface area contributed by atoms with Gasteiger partial charge in [-0.25, -0.2) is 9.36 Å². The third-order valence-corrected chi connectivity index (χ3v) is 2.96. The molecule has 2 aromatic rings. The van der Waals surface area contributed by atoms with Gasteiger partial charge in [-0.05, 0) is 23.8 Å². The van der Waals surface area contributed by atoms with Crippen LogP contribution in [0.1, 0.15) is 10.4 Å². The lowest BCUT2D eigenvalue weighted by Gasteiger charge is -2.07. The van der Waals surface area contributed by atoms with Crippen LogP contribution in [0.2, 0.25) is 0 Å². The average molecular weight is 320 g/mol. The second-order valence-electron chi connectivity index (χ2n) is 4.39. The zero-order valence-corrected chi connectivity index (χ0v) is 12.3. The summed E-state index contributed by atoms with van der Waals surface area (Å²) < 4.78 is 23.8. The molecule has 2 rings (SSSR count). The van der Waals surface area contributed by atoms with Crippen LogP contribution in [0.4, 0.5) is 4.39 Å². The van der Waals surface area contributed by atoms with E-state index in [4.69, 9.17) is 9.47 Å². The van der Waals surface area contributed by atoms with E-state index in [0.29, 0.717) is 27.8 Å². The zero-order valence-electron chi connectivity index (χ0n) is 12.3. The van der Waals surface area contributed by atoms with E-state index in [2.05, 4.69) is 0 Å². The molecule has 0 radical (unpaired) electrons. The van der Waals surface area contributed by atoms with Gasteiger partial charge in [0.15, 0.2) is 11.5 Å². The van der Waals surface area contributed by atoms with Crippen molar-refractivity contribution in [3.05, 3.63) is 62.7 Å². The molecule has 0 unspecified atom stereocenters. The van der Waals surface area contributed by atoms with Crippen LogP contribution >= 0.6 is 0 Å². The Bertz CT molecular complexity index is 882. The Morgan fingerprint density at radius 1 is 1.22 bits per heavy atom. The number of halogens is 1. The number of carbonyl (C=O) groups excluding carboxylic acids is 1. The molecule has 8 heteroatoms. The monoisotopic (exact) mass is 320 g/mol. The fraction of sp³-hybridized carbons (Fsp3) is 0.133. The normalized spacial score (nSPS) is 10.7. The Hall–Kier alpha value is -3.16. The molecule has 1 aromatic carbocycles. The van der Waals surface area contributed by atoms with Crippen molar-refractivity contribution in [1.29, 1.82) is 0 Å². The predicted molar refractivity (Wildman–Crippen MR) is 80.5 cm³/mol. The van der Waals surface area contributed by atoms with Crippen LogP contribution in [0.15, 0.2) is 40.1 Å². The standard InChI is InChI=1S/C15H13FN2O5/c1-22-11-5-3-9(7-12(11)23-2)4-6-13(19)18-8-10(16)14(20)17-15(18)21/h3-8H,1-2H3,(H,17,20,21). The molecular weight excluding hydrogens is 307 g/mol. The minimum Gasteiger partial charge on any atom is -0.493 e. The van der Waals surface area contributed by atoms with Crippen LogP contribution in [-0.2, 0) is 0 Å². The van der Waals surface area contributed by atoms with Crippen molar-refractivity contribution in [1.82, 2.24) is 9.55 Å². The minimum atomic E-state index is -1.22. The topological polar surface area (TPSA) is 90.4 Å². The van der Waals surface area contributed by atoms with Crippen molar-refractivity contribution in [3.8, 4) is 11.5 Å². The van der Waals surface area contributed by atoms with E-state index >= 15 is 0 Å². The van der Waals surface area contributed by atoms with Gasteiger partial charge in [-0.2, -0.15) is 4.39 Å². The molecule has 0 saturated heterocycles. The number of rotatable bonds is 4. The predicted octanol–water partition coefficient (Wildman–Crippen LogP) is 1.05. The lowest BCUT2D eigenvalue weighted by atomic mass is 10.2. The molecule has 7 nitrogen and oxygen atoms in total. The van der Waals surface area contributed by atoms with E-state index in [0.717, 1.165) is 6.08 Å². The van der Waals surface area contributed by atoms with Crippen molar-refractivity contribution in [2.75, 3.05) is 14.2 Å². The van der Waals surface area contributed by atoms with E-state index < -0.39 is 23.0 Å². The second kappa shape index (κ2) is 6.73. The van der Waals surface area contributed by atoms with Crippen LogP contribution in [0.25, 0.3) is 6.08 Å². The van der Waals surface area contributed by atoms with Gasteiger partial charge < -0.3 is 9.47 Å². The minimum absolute atomic E-state index is 0.466. The maximum Gasteiger partial charge on any atom is 0.335 e. The molecule has 0 amide bonds. The first-order chi connectivity index (χ1) is 11.0. The first-order valence-electron chi connectivity index (χ1n) is 6.42. The number of ether oxygens (including phenoxy) is 2. The number of hydrogen-bond donors (Lipinski definition) is 1. The van der Waals surface area contributed by atoms with Crippen molar-refractivity contribution >= 4 is 12.0 Å². The molecule has 1 aromatic heterocycles. The fourth-order valence-corrected chi connectivity index (χ4v) is 1.82. The number of nitrogens with zero attached hydrogens (tertiary/aromatic N) is 1. The Morgan fingerprint density at radius 3 is 2.57 bits per heavy atom. The molecule has 1 N–H and O–H groups in total. The highest BCUT2D eigenvalue weighted by atomic mass is 19.1. The largest absolute Gasteiger partial charge is 0.493 e. The molecule has 0 saturated carbocycles. The summed E-state index contributed by atoms with van der Waals surface area (Å²) in [6, 6.07) is 4.94. The molecule has 120 valence electrons. The summed E-state index contributed by atoms with van der Waals surface area (Å²) in [6.45, 7) is 0. The van der Waals surface area contributed by atoms with Gasteiger partial charge in [-0.3, -0.25) is 14.6 Å². The van der Waals surface area contributed by atoms with Crippen molar-refractivity contribution in [2.45, 2.75) is 0 Å². The molecule has 0 aliphatic heterocycles. The third kappa shape index (κ3) is 3.54. The average Bonchev–Trinajstić information content (AvgIpc) is 2.55. The number of aromatic nitrogens is 2. The van der Waals surface area contributed by atoms with Crippen molar-refractivity contribution in [2.24, 2.45) is 0 Å². The van der Waals surface area contributed by atoms with Gasteiger partial charge in [0.25, 0.3) is 11.5 Å². The van der Waals surface area contributed by atoms with Crippen molar-refractivity contribution < 1.29 is 18.7 Å². The number of nitrogens with one attached hydrogen (secondary N) is 1. The highest BCUT2D eigenvalue weighted by Crippen LogP contribution is 2.27. The Labute approximate surface area is 129 Å². The van der Waals surface area contributed by atoms with E-state index in [9.17, 15) is 18.8 Å². The van der Waals surface area contributed by atoms with Crippen LogP contribution in [0.5, 0.6) is 11.5 Å². The molecule has 0 spiro atoms. The van der Waals surface area contributed by atoms with Gasteiger partial charge in [-0.1, -0.05) is 6.07 Å². The highest BCUT2D eigenvalue weighted by Gasteiger charge is 2.09. The summed E-state index contributed by atoms with van der Waals surface area (Å²) in [4.78, 5) is 36.0. The van der Waals surface area contributed by atoms with Crippen LogP contribution < -0.4 is 20.7 Å². The van der Waals surface area contributed by atoms with E-state index in [1.54, 1.807) is 23.2 Å². The fourth-order valence-electron chi connectivity index (χ4n) is 1.82. The molecule has 23 heavy (non-hydrogen) atoms. The number of methoxy groups -OCH3 is 2. The molecule has 0 fully saturated rings. The highest BCUT2D eigenvalue weighted by molar-refractivity contribution is 5.93. The lowest BCUT2D eigenvalue weighted by Crippen LogP contribution is -2.34. The summed E-state index contributed by atoms with van der Waals surface area (Å²) in [5.74, 6) is -1.04. The van der Waals surface area contributed by atoms with E-state index in [1.807, 2.05) is 0 Å². The Morgan fingerprint density at radius 2 is 1.91 bits per heavy atom. The van der Waals surface area contributed by atoms with Gasteiger partial charge in [0.2, 0.25) is 5.82 Å². The number of H-pyrrole nitrogens is 1. The summed E-state index contributed by atoms with van der Waals surface area (Å²) in [6.07, 6.45) is 3.03. The maximum absolute atomic E-state index is 13.2. The van der Waals surface area contributed by atoms with Gasteiger partial charge in [0.05, 0.1) is 20.4 Å². The number of hydrogen-bond acceptors (Lipinski definition) is 5. The van der Waals surface area contributed by atoms with Gasteiger partial charge in [-0.15, -0.1) is 0 Å². The first kappa shape index (κ1) is 16.2. The Balaban J connectivity index is 2.30. The van der Waals surface area contributed by atoms with Gasteiger partial charge in [0.1, 0.15) is 0 Å². The summed E-state index contributed by atoms with van der Waals surface area (Å²) in [5, 5.41) is 0. The summed E-state index contributed by atoms with van der Waals surface area (Å²) in [5.41, 5.74) is -1.59. The second-order valence-corrected chi connectivity index (χ2v) is 4.39. The quantitative estimate of drug-likeness (QED) is 0.850. The van der Waals surface area contributed by atoms with Gasteiger partial charge in [0, 0.05) is 6.08 Å². The number of aromatic amines is 1. The maximum atomic E-state index is 13.2. The molecule has 1 heterocycles.